The second kappa shape index (κ2) is 5.30. The Balaban J connectivity index is 2.77. The van der Waals surface area contributed by atoms with Crippen LogP contribution in [-0.2, 0) is 4.79 Å². The number of carbonyl (C=O) groups is 2. The van der Waals surface area contributed by atoms with Crippen molar-refractivity contribution in [2.45, 2.75) is 20.0 Å². The highest BCUT2D eigenvalue weighted by molar-refractivity contribution is 5.75. The summed E-state index contributed by atoms with van der Waals surface area (Å²) in [6.07, 6.45) is -0.150. The van der Waals surface area contributed by atoms with Crippen molar-refractivity contribution in [1.82, 2.24) is 0 Å². The third kappa shape index (κ3) is 3.08. The molecule has 1 rings (SSSR count). The van der Waals surface area contributed by atoms with E-state index in [1.807, 2.05) is 0 Å². The van der Waals surface area contributed by atoms with Crippen molar-refractivity contribution in [3.8, 4) is 5.75 Å². The predicted molar refractivity (Wildman–Crippen MR) is 58.7 cm³/mol. The standard InChI is InChI=1S/C12H14O4/c1-8(2)11(12(14)15)16-10-5-3-9(7-13)4-6-10/h3-8,11H,1-2H3,(H,14,15)/t11-/m0/s1. The fourth-order valence-electron chi connectivity index (χ4n) is 1.24. The van der Waals surface area contributed by atoms with Gasteiger partial charge in [-0.05, 0) is 24.3 Å². The van der Waals surface area contributed by atoms with Gasteiger partial charge in [0.1, 0.15) is 12.0 Å². The molecule has 0 amide bonds. The van der Waals surface area contributed by atoms with Crippen LogP contribution in [0.25, 0.3) is 0 Å². The van der Waals surface area contributed by atoms with Gasteiger partial charge in [-0.2, -0.15) is 0 Å². The van der Waals surface area contributed by atoms with Crippen molar-refractivity contribution < 1.29 is 19.4 Å². The molecule has 1 atom stereocenters. The van der Waals surface area contributed by atoms with Crippen molar-refractivity contribution in [3.63, 3.8) is 0 Å². The number of carboxylic acid groups (broad SMARTS) is 1. The van der Waals surface area contributed by atoms with Crippen molar-refractivity contribution in [2.75, 3.05) is 0 Å². The lowest BCUT2D eigenvalue weighted by molar-refractivity contribution is -0.147. The second-order valence-electron chi connectivity index (χ2n) is 3.81. The minimum Gasteiger partial charge on any atom is -0.478 e. The fraction of sp³-hybridized carbons (Fsp3) is 0.333. The van der Waals surface area contributed by atoms with Gasteiger partial charge in [0.05, 0.1) is 0 Å². The third-order valence-corrected chi connectivity index (χ3v) is 2.13. The topological polar surface area (TPSA) is 63.6 Å². The maximum Gasteiger partial charge on any atom is 0.345 e. The van der Waals surface area contributed by atoms with Crippen molar-refractivity contribution in [2.24, 2.45) is 5.92 Å². The van der Waals surface area contributed by atoms with Crippen LogP contribution >= 0.6 is 0 Å². The SMILES string of the molecule is CC(C)[C@H](Oc1ccc(C=O)cc1)C(=O)O. The third-order valence-electron chi connectivity index (χ3n) is 2.13. The van der Waals surface area contributed by atoms with Crippen molar-refractivity contribution >= 4 is 12.3 Å². The molecule has 1 aromatic carbocycles. The van der Waals surface area contributed by atoms with Gasteiger partial charge in [0.25, 0.3) is 0 Å². The molecule has 4 heteroatoms. The van der Waals surface area contributed by atoms with Crippen LogP contribution in [0.2, 0.25) is 0 Å². The van der Waals surface area contributed by atoms with Crippen LogP contribution in [0.3, 0.4) is 0 Å². The molecule has 0 unspecified atom stereocenters. The Labute approximate surface area is 93.9 Å². The first kappa shape index (κ1) is 12.2. The quantitative estimate of drug-likeness (QED) is 0.774. The van der Waals surface area contributed by atoms with Crippen LogP contribution in [0.4, 0.5) is 0 Å². The summed E-state index contributed by atoms with van der Waals surface area (Å²) >= 11 is 0. The Hall–Kier alpha value is -1.84. The van der Waals surface area contributed by atoms with Gasteiger partial charge in [0, 0.05) is 11.5 Å². The van der Waals surface area contributed by atoms with E-state index in [9.17, 15) is 9.59 Å². The molecule has 0 aromatic heterocycles. The lowest BCUT2D eigenvalue weighted by Crippen LogP contribution is -2.32. The van der Waals surface area contributed by atoms with E-state index in [0.29, 0.717) is 11.3 Å². The van der Waals surface area contributed by atoms with E-state index in [-0.39, 0.29) is 5.92 Å². The summed E-state index contributed by atoms with van der Waals surface area (Å²) < 4.78 is 5.32. The zero-order chi connectivity index (χ0) is 12.1. The summed E-state index contributed by atoms with van der Waals surface area (Å²) in [5, 5.41) is 8.92. The average Bonchev–Trinajstić information content (AvgIpc) is 2.25. The first-order valence-electron chi connectivity index (χ1n) is 4.99. The molecule has 0 saturated carbocycles. The van der Waals surface area contributed by atoms with E-state index >= 15 is 0 Å². The second-order valence-corrected chi connectivity index (χ2v) is 3.81. The number of benzene rings is 1. The molecule has 0 saturated heterocycles. The van der Waals surface area contributed by atoms with Gasteiger partial charge >= 0.3 is 5.97 Å². The molecule has 0 aliphatic carbocycles. The number of carboxylic acids is 1. The monoisotopic (exact) mass is 222 g/mol. The molecule has 86 valence electrons. The predicted octanol–water partition coefficient (Wildman–Crippen LogP) is 1.99. The fourth-order valence-corrected chi connectivity index (χ4v) is 1.24. The molecule has 0 fully saturated rings. The molecular weight excluding hydrogens is 208 g/mol. The Bertz CT molecular complexity index is 367. The lowest BCUT2D eigenvalue weighted by atomic mass is 10.1. The molecule has 0 bridgehead atoms. The molecular formula is C12H14O4. The Morgan fingerprint density at radius 3 is 2.25 bits per heavy atom. The minimum atomic E-state index is -0.991. The van der Waals surface area contributed by atoms with Crippen LogP contribution in [0, 0.1) is 5.92 Å². The summed E-state index contributed by atoms with van der Waals surface area (Å²) in [5.74, 6) is -0.663. The molecule has 0 heterocycles. The summed E-state index contributed by atoms with van der Waals surface area (Å²) in [6, 6.07) is 6.34. The number of rotatable bonds is 5. The molecule has 1 N–H and O–H groups in total. The molecule has 16 heavy (non-hydrogen) atoms. The van der Waals surface area contributed by atoms with Crippen LogP contribution < -0.4 is 4.74 Å². The minimum absolute atomic E-state index is 0.122. The summed E-state index contributed by atoms with van der Waals surface area (Å²) in [4.78, 5) is 21.3. The number of hydrogen-bond acceptors (Lipinski definition) is 3. The molecule has 0 radical (unpaired) electrons. The molecule has 1 aromatic rings. The van der Waals surface area contributed by atoms with Gasteiger partial charge in [0.15, 0.2) is 6.10 Å². The van der Waals surface area contributed by atoms with E-state index in [2.05, 4.69) is 0 Å². The molecule has 0 spiro atoms. The Morgan fingerprint density at radius 1 is 1.31 bits per heavy atom. The van der Waals surface area contributed by atoms with E-state index in [1.165, 1.54) is 0 Å². The van der Waals surface area contributed by atoms with Crippen molar-refractivity contribution in [3.05, 3.63) is 29.8 Å². The first-order chi connectivity index (χ1) is 7.54. The van der Waals surface area contributed by atoms with Crippen LogP contribution in [0.15, 0.2) is 24.3 Å². The highest BCUT2D eigenvalue weighted by atomic mass is 16.5. The highest BCUT2D eigenvalue weighted by Gasteiger charge is 2.23. The maximum absolute atomic E-state index is 10.9. The first-order valence-corrected chi connectivity index (χ1v) is 4.99. The smallest absolute Gasteiger partial charge is 0.345 e. The van der Waals surface area contributed by atoms with Crippen LogP contribution in [-0.4, -0.2) is 23.5 Å². The van der Waals surface area contributed by atoms with E-state index in [0.717, 1.165) is 6.29 Å². The lowest BCUT2D eigenvalue weighted by Gasteiger charge is -2.18. The van der Waals surface area contributed by atoms with Gasteiger partial charge in [-0.1, -0.05) is 13.8 Å². The van der Waals surface area contributed by atoms with Gasteiger partial charge in [-0.25, -0.2) is 4.79 Å². The van der Waals surface area contributed by atoms with Gasteiger partial charge in [0.2, 0.25) is 0 Å². The normalized spacial score (nSPS) is 12.2. The summed E-state index contributed by atoms with van der Waals surface area (Å²) in [6.45, 7) is 3.55. The van der Waals surface area contributed by atoms with E-state index in [1.54, 1.807) is 38.1 Å². The van der Waals surface area contributed by atoms with Crippen LogP contribution in [0.5, 0.6) is 5.75 Å². The summed E-state index contributed by atoms with van der Waals surface area (Å²) in [5.41, 5.74) is 0.531. The molecule has 4 nitrogen and oxygen atoms in total. The number of aldehydes is 1. The molecule has 0 aliphatic heterocycles. The largest absolute Gasteiger partial charge is 0.478 e. The molecule has 0 aliphatic rings. The number of aliphatic carboxylic acids is 1. The number of ether oxygens (including phenoxy) is 1. The summed E-state index contributed by atoms with van der Waals surface area (Å²) in [7, 11) is 0. The van der Waals surface area contributed by atoms with E-state index < -0.39 is 12.1 Å². The van der Waals surface area contributed by atoms with Gasteiger partial charge in [-0.3, -0.25) is 4.79 Å². The Kier molecular flexibility index (Phi) is 4.05. The van der Waals surface area contributed by atoms with E-state index in [4.69, 9.17) is 9.84 Å². The van der Waals surface area contributed by atoms with Crippen LogP contribution in [0.1, 0.15) is 24.2 Å². The average molecular weight is 222 g/mol. The van der Waals surface area contributed by atoms with Crippen molar-refractivity contribution in [1.29, 1.82) is 0 Å². The van der Waals surface area contributed by atoms with Gasteiger partial charge < -0.3 is 9.84 Å². The number of hydrogen-bond donors (Lipinski definition) is 1. The zero-order valence-corrected chi connectivity index (χ0v) is 9.21. The zero-order valence-electron chi connectivity index (χ0n) is 9.21. The Morgan fingerprint density at radius 2 is 1.88 bits per heavy atom. The number of carbonyl (C=O) groups excluding carboxylic acids is 1. The maximum atomic E-state index is 10.9. The van der Waals surface area contributed by atoms with Gasteiger partial charge in [-0.15, -0.1) is 0 Å². The highest BCUT2D eigenvalue weighted by Crippen LogP contribution is 2.16.